The molecule has 114 valence electrons. The first-order valence-corrected chi connectivity index (χ1v) is 8.30. The molecule has 4 nitrogen and oxygen atoms in total. The van der Waals surface area contributed by atoms with E-state index >= 15 is 0 Å². The molecule has 4 bridgehead atoms. The molecule has 0 saturated heterocycles. The van der Waals surface area contributed by atoms with Crippen LogP contribution in [0.2, 0.25) is 0 Å². The van der Waals surface area contributed by atoms with Crippen molar-refractivity contribution in [1.82, 2.24) is 10.6 Å². The van der Waals surface area contributed by atoms with Crippen molar-refractivity contribution in [3.05, 3.63) is 0 Å². The fraction of sp³-hybridized carbons (Fsp3) is 0.938. The van der Waals surface area contributed by atoms with Crippen molar-refractivity contribution in [2.75, 3.05) is 19.6 Å². The summed E-state index contributed by atoms with van der Waals surface area (Å²) in [6.45, 7) is 3.77. The number of carbonyl (C=O) groups excluding carboxylic acids is 1. The number of amides is 1. The standard InChI is InChI=1S/C16H28N2O2/c1-10(19)9-17-2-3-18-16(20)15-13-5-11-4-12(7-13)8-14(15)6-11/h10-15,17,19H,2-9H2,1H3,(H,18,20). The van der Waals surface area contributed by atoms with E-state index in [2.05, 4.69) is 10.6 Å². The van der Waals surface area contributed by atoms with Gasteiger partial charge in [0.15, 0.2) is 0 Å². The molecule has 20 heavy (non-hydrogen) atoms. The average molecular weight is 280 g/mol. The maximum atomic E-state index is 12.4. The minimum absolute atomic E-state index is 0.289. The first kappa shape index (κ1) is 14.3. The molecule has 0 aromatic heterocycles. The molecular weight excluding hydrogens is 252 g/mol. The number of carbonyl (C=O) groups is 1. The van der Waals surface area contributed by atoms with Crippen molar-refractivity contribution in [3.8, 4) is 0 Å². The average Bonchev–Trinajstić information content (AvgIpc) is 2.36. The van der Waals surface area contributed by atoms with E-state index in [1.165, 1.54) is 32.1 Å². The highest BCUT2D eigenvalue weighted by Gasteiger charge is 2.50. The summed E-state index contributed by atoms with van der Waals surface area (Å²) in [5.41, 5.74) is 0. The van der Waals surface area contributed by atoms with E-state index < -0.39 is 0 Å². The number of hydrogen-bond acceptors (Lipinski definition) is 3. The van der Waals surface area contributed by atoms with E-state index in [0.717, 1.165) is 18.4 Å². The Morgan fingerprint density at radius 3 is 2.25 bits per heavy atom. The number of nitrogens with one attached hydrogen (secondary N) is 2. The van der Waals surface area contributed by atoms with E-state index in [0.29, 0.717) is 30.8 Å². The Balaban J connectivity index is 1.43. The summed E-state index contributed by atoms with van der Waals surface area (Å²) in [6.07, 6.45) is 6.30. The van der Waals surface area contributed by atoms with E-state index in [4.69, 9.17) is 5.11 Å². The summed E-state index contributed by atoms with van der Waals surface area (Å²) < 4.78 is 0. The van der Waals surface area contributed by atoms with E-state index in [-0.39, 0.29) is 12.0 Å². The molecule has 3 N–H and O–H groups in total. The van der Waals surface area contributed by atoms with Crippen LogP contribution in [0.3, 0.4) is 0 Å². The highest BCUT2D eigenvalue weighted by molar-refractivity contribution is 5.79. The molecule has 0 aromatic carbocycles. The maximum absolute atomic E-state index is 12.4. The van der Waals surface area contributed by atoms with Gasteiger partial charge in [-0.05, 0) is 62.7 Å². The van der Waals surface area contributed by atoms with Gasteiger partial charge in [0.25, 0.3) is 0 Å². The largest absolute Gasteiger partial charge is 0.392 e. The van der Waals surface area contributed by atoms with Crippen LogP contribution >= 0.6 is 0 Å². The minimum Gasteiger partial charge on any atom is -0.392 e. The van der Waals surface area contributed by atoms with Crippen LogP contribution in [0.1, 0.15) is 39.0 Å². The van der Waals surface area contributed by atoms with Crippen molar-refractivity contribution in [2.45, 2.75) is 45.1 Å². The number of aliphatic hydroxyl groups excluding tert-OH is 1. The third kappa shape index (κ3) is 3.01. The summed E-state index contributed by atoms with van der Waals surface area (Å²) >= 11 is 0. The number of aliphatic hydroxyl groups is 1. The zero-order chi connectivity index (χ0) is 14.1. The highest BCUT2D eigenvalue weighted by atomic mass is 16.3. The molecule has 0 heterocycles. The molecule has 4 heteroatoms. The first-order valence-electron chi connectivity index (χ1n) is 8.30. The molecule has 1 atom stereocenters. The third-order valence-electron chi connectivity index (χ3n) is 5.57. The summed E-state index contributed by atoms with van der Waals surface area (Å²) in [7, 11) is 0. The Kier molecular flexibility index (Phi) is 4.32. The van der Waals surface area contributed by atoms with E-state index in [9.17, 15) is 4.79 Å². The summed E-state index contributed by atoms with van der Waals surface area (Å²) in [4.78, 5) is 12.4. The predicted octanol–water partition coefficient (Wildman–Crippen LogP) is 1.15. The first-order chi connectivity index (χ1) is 9.63. The molecular formula is C16H28N2O2. The van der Waals surface area contributed by atoms with Gasteiger partial charge >= 0.3 is 0 Å². The third-order valence-corrected chi connectivity index (χ3v) is 5.57. The van der Waals surface area contributed by atoms with Gasteiger partial charge in [0.2, 0.25) is 5.91 Å². The smallest absolute Gasteiger partial charge is 0.223 e. The van der Waals surface area contributed by atoms with Gasteiger partial charge in [-0.25, -0.2) is 0 Å². The summed E-state index contributed by atoms with van der Waals surface area (Å²) in [6, 6.07) is 0. The molecule has 4 saturated carbocycles. The Bertz CT molecular complexity index is 328. The van der Waals surface area contributed by atoms with Gasteiger partial charge in [-0.1, -0.05) is 0 Å². The van der Waals surface area contributed by atoms with Crippen LogP contribution in [0.15, 0.2) is 0 Å². The van der Waals surface area contributed by atoms with E-state index in [1.54, 1.807) is 6.92 Å². The van der Waals surface area contributed by atoms with Crippen LogP contribution in [0, 0.1) is 29.6 Å². The Morgan fingerprint density at radius 2 is 1.70 bits per heavy atom. The van der Waals surface area contributed by atoms with Gasteiger partial charge in [-0.3, -0.25) is 4.79 Å². The summed E-state index contributed by atoms with van der Waals surface area (Å²) in [5, 5.41) is 15.4. The molecule has 0 spiro atoms. The fourth-order valence-corrected chi connectivity index (χ4v) is 5.06. The normalized spacial score (nSPS) is 39.8. The van der Waals surface area contributed by atoms with Gasteiger partial charge in [-0.2, -0.15) is 0 Å². The van der Waals surface area contributed by atoms with Crippen molar-refractivity contribution in [1.29, 1.82) is 0 Å². The number of rotatable bonds is 6. The summed E-state index contributed by atoms with van der Waals surface area (Å²) in [5.74, 6) is 3.76. The fourth-order valence-electron chi connectivity index (χ4n) is 5.06. The Morgan fingerprint density at radius 1 is 1.10 bits per heavy atom. The quantitative estimate of drug-likeness (QED) is 0.640. The number of hydrogen-bond donors (Lipinski definition) is 3. The maximum Gasteiger partial charge on any atom is 0.223 e. The van der Waals surface area contributed by atoms with Gasteiger partial charge < -0.3 is 15.7 Å². The second-order valence-electron chi connectivity index (χ2n) is 7.30. The lowest BCUT2D eigenvalue weighted by Gasteiger charge is -2.53. The highest BCUT2D eigenvalue weighted by Crippen LogP contribution is 2.56. The molecule has 4 rings (SSSR count). The molecule has 0 radical (unpaired) electrons. The van der Waals surface area contributed by atoms with Crippen LogP contribution in [0.25, 0.3) is 0 Å². The lowest BCUT2D eigenvalue weighted by atomic mass is 9.51. The lowest BCUT2D eigenvalue weighted by molar-refractivity contribution is -0.138. The van der Waals surface area contributed by atoms with Crippen LogP contribution in [-0.4, -0.2) is 36.8 Å². The van der Waals surface area contributed by atoms with Crippen molar-refractivity contribution >= 4 is 5.91 Å². The monoisotopic (exact) mass is 280 g/mol. The van der Waals surface area contributed by atoms with Crippen molar-refractivity contribution in [3.63, 3.8) is 0 Å². The second-order valence-corrected chi connectivity index (χ2v) is 7.30. The van der Waals surface area contributed by atoms with Gasteiger partial charge in [0.05, 0.1) is 6.10 Å². The molecule has 0 aromatic rings. The van der Waals surface area contributed by atoms with Gasteiger partial charge in [-0.15, -0.1) is 0 Å². The predicted molar refractivity (Wildman–Crippen MR) is 78.1 cm³/mol. The Hall–Kier alpha value is -0.610. The second kappa shape index (κ2) is 6.02. The topological polar surface area (TPSA) is 61.4 Å². The van der Waals surface area contributed by atoms with E-state index in [1.807, 2.05) is 0 Å². The van der Waals surface area contributed by atoms with Crippen molar-refractivity contribution < 1.29 is 9.90 Å². The van der Waals surface area contributed by atoms with Crippen LogP contribution in [-0.2, 0) is 4.79 Å². The lowest BCUT2D eigenvalue weighted by Crippen LogP contribution is -2.51. The minimum atomic E-state index is -0.324. The molecule has 4 fully saturated rings. The zero-order valence-corrected chi connectivity index (χ0v) is 12.5. The zero-order valence-electron chi connectivity index (χ0n) is 12.5. The SMILES string of the molecule is CC(O)CNCCNC(=O)C1C2CC3CC(C2)CC1C3. The van der Waals surface area contributed by atoms with Gasteiger partial charge in [0, 0.05) is 25.6 Å². The molecule has 4 aliphatic rings. The van der Waals surface area contributed by atoms with Crippen LogP contribution in [0.5, 0.6) is 0 Å². The molecule has 4 aliphatic carbocycles. The molecule has 1 unspecified atom stereocenters. The molecule has 0 aliphatic heterocycles. The van der Waals surface area contributed by atoms with Gasteiger partial charge in [0.1, 0.15) is 0 Å². The van der Waals surface area contributed by atoms with Crippen molar-refractivity contribution in [2.24, 2.45) is 29.6 Å². The van der Waals surface area contributed by atoms with Crippen LogP contribution in [0.4, 0.5) is 0 Å². The Labute approximate surface area is 121 Å². The van der Waals surface area contributed by atoms with Crippen LogP contribution < -0.4 is 10.6 Å². The molecule has 1 amide bonds.